The summed E-state index contributed by atoms with van der Waals surface area (Å²) in [5.74, 6) is -0.687. The fourth-order valence-corrected chi connectivity index (χ4v) is 2.57. The maximum absolute atomic E-state index is 12.2. The molecule has 1 aromatic rings. The second kappa shape index (κ2) is 6.62. The molecule has 1 amide bonds. The van der Waals surface area contributed by atoms with Crippen molar-refractivity contribution in [1.29, 1.82) is 0 Å². The number of methoxy groups -OCH3 is 2. The minimum atomic E-state index is -0.606. The van der Waals surface area contributed by atoms with Crippen molar-refractivity contribution in [2.24, 2.45) is 0 Å². The molecule has 1 aliphatic rings. The number of ketones is 1. The van der Waals surface area contributed by atoms with Crippen molar-refractivity contribution in [2.75, 3.05) is 27.4 Å². The van der Waals surface area contributed by atoms with Crippen molar-refractivity contribution in [3.63, 3.8) is 0 Å². The maximum Gasteiger partial charge on any atom is 0.290 e. The Kier molecular flexibility index (Phi) is 4.82. The lowest BCUT2D eigenvalue weighted by atomic mass is 9.97. The Morgan fingerprint density at radius 1 is 1.27 bits per heavy atom. The Morgan fingerprint density at radius 2 is 1.91 bits per heavy atom. The third-order valence-electron chi connectivity index (χ3n) is 3.65. The molecule has 0 spiro atoms. The van der Waals surface area contributed by atoms with Crippen molar-refractivity contribution >= 4 is 11.7 Å². The molecular weight excluding hydrogens is 286 g/mol. The van der Waals surface area contributed by atoms with E-state index in [1.807, 2.05) is 0 Å². The molecule has 6 heteroatoms. The van der Waals surface area contributed by atoms with Gasteiger partial charge in [0.1, 0.15) is 5.75 Å². The molecule has 118 valence electrons. The minimum absolute atomic E-state index is 0.117. The molecule has 0 saturated heterocycles. The van der Waals surface area contributed by atoms with Crippen LogP contribution in [-0.2, 0) is 14.3 Å². The zero-order valence-electron chi connectivity index (χ0n) is 12.8. The summed E-state index contributed by atoms with van der Waals surface area (Å²) >= 11 is 0. The molecule has 0 aromatic heterocycles. The third-order valence-corrected chi connectivity index (χ3v) is 3.65. The molecule has 0 bridgehead atoms. The van der Waals surface area contributed by atoms with Crippen LogP contribution in [0.3, 0.4) is 0 Å². The highest BCUT2D eigenvalue weighted by atomic mass is 16.5. The Hall–Kier alpha value is -2.34. The van der Waals surface area contributed by atoms with Crippen LogP contribution in [0.4, 0.5) is 0 Å². The summed E-state index contributed by atoms with van der Waals surface area (Å²) in [5, 5.41) is 10.0. The predicted molar refractivity (Wildman–Crippen MR) is 79.7 cm³/mol. The van der Waals surface area contributed by atoms with Crippen LogP contribution in [0.25, 0.3) is 0 Å². The highest BCUT2D eigenvalue weighted by Gasteiger charge is 2.41. The molecule has 2 rings (SSSR count). The van der Waals surface area contributed by atoms with Gasteiger partial charge < -0.3 is 19.5 Å². The quantitative estimate of drug-likeness (QED) is 0.864. The molecule has 0 unspecified atom stereocenters. The Labute approximate surface area is 128 Å². The summed E-state index contributed by atoms with van der Waals surface area (Å²) in [5.41, 5.74) is 0.853. The van der Waals surface area contributed by atoms with Gasteiger partial charge in [-0.15, -0.1) is 0 Å². The normalized spacial score (nSPS) is 18.0. The Bertz CT molecular complexity index is 605. The lowest BCUT2D eigenvalue weighted by Gasteiger charge is -2.26. The molecule has 22 heavy (non-hydrogen) atoms. The first-order valence-corrected chi connectivity index (χ1v) is 6.89. The molecule has 1 aliphatic heterocycles. The molecule has 1 aromatic carbocycles. The number of amides is 1. The standard InChI is InChI=1S/C16H19NO5/c1-10(18)13-14(11-4-6-12(22-3)7-5-11)17(8-9-21-2)16(20)15(13)19/h4-7,14,19H,8-9H2,1-3H3/t14-/m1/s1. The second-order valence-electron chi connectivity index (χ2n) is 4.99. The topological polar surface area (TPSA) is 76.1 Å². The average molecular weight is 305 g/mol. The summed E-state index contributed by atoms with van der Waals surface area (Å²) < 4.78 is 10.1. The fourth-order valence-electron chi connectivity index (χ4n) is 2.57. The van der Waals surface area contributed by atoms with Crippen molar-refractivity contribution in [3.8, 4) is 5.75 Å². The minimum Gasteiger partial charge on any atom is -0.503 e. The van der Waals surface area contributed by atoms with E-state index < -0.39 is 17.7 Å². The highest BCUT2D eigenvalue weighted by Crippen LogP contribution is 2.37. The van der Waals surface area contributed by atoms with Crippen molar-refractivity contribution < 1.29 is 24.2 Å². The van der Waals surface area contributed by atoms with Gasteiger partial charge in [0.05, 0.1) is 25.3 Å². The van der Waals surface area contributed by atoms with Crippen LogP contribution in [0.5, 0.6) is 5.75 Å². The van der Waals surface area contributed by atoms with Crippen LogP contribution in [0.1, 0.15) is 18.5 Å². The van der Waals surface area contributed by atoms with Gasteiger partial charge in [-0.05, 0) is 24.6 Å². The zero-order chi connectivity index (χ0) is 16.3. The molecule has 0 saturated carbocycles. The van der Waals surface area contributed by atoms with E-state index in [2.05, 4.69) is 0 Å². The summed E-state index contributed by atoms with van der Waals surface area (Å²) in [7, 11) is 3.09. The monoisotopic (exact) mass is 305 g/mol. The van der Waals surface area contributed by atoms with E-state index in [0.29, 0.717) is 12.4 Å². The van der Waals surface area contributed by atoms with Gasteiger partial charge >= 0.3 is 0 Å². The van der Waals surface area contributed by atoms with Gasteiger partial charge in [-0.3, -0.25) is 9.59 Å². The number of nitrogens with zero attached hydrogens (tertiary/aromatic N) is 1. The van der Waals surface area contributed by atoms with Gasteiger partial charge in [-0.1, -0.05) is 12.1 Å². The number of aliphatic hydroxyl groups is 1. The second-order valence-corrected chi connectivity index (χ2v) is 4.99. The van der Waals surface area contributed by atoms with E-state index in [0.717, 1.165) is 5.56 Å². The number of carbonyl (C=O) groups excluding carboxylic acids is 2. The summed E-state index contributed by atoms with van der Waals surface area (Å²) in [6.45, 7) is 1.94. The fraction of sp³-hybridized carbons (Fsp3) is 0.375. The van der Waals surface area contributed by atoms with Gasteiger partial charge in [-0.25, -0.2) is 0 Å². The molecule has 1 N–H and O–H groups in total. The summed E-state index contributed by atoms with van der Waals surface area (Å²) in [4.78, 5) is 25.5. The first-order chi connectivity index (χ1) is 10.5. The summed E-state index contributed by atoms with van der Waals surface area (Å²) in [6, 6.07) is 6.45. The largest absolute Gasteiger partial charge is 0.503 e. The number of aliphatic hydroxyl groups excluding tert-OH is 1. The summed E-state index contributed by atoms with van der Waals surface area (Å²) in [6.07, 6.45) is 0. The van der Waals surface area contributed by atoms with E-state index in [1.165, 1.54) is 18.9 Å². The van der Waals surface area contributed by atoms with Gasteiger partial charge in [0, 0.05) is 13.7 Å². The highest BCUT2D eigenvalue weighted by molar-refractivity contribution is 6.08. The van der Waals surface area contributed by atoms with Crippen molar-refractivity contribution in [2.45, 2.75) is 13.0 Å². The van der Waals surface area contributed by atoms with E-state index in [-0.39, 0.29) is 17.9 Å². The predicted octanol–water partition coefficient (Wildman–Crippen LogP) is 1.63. The lowest BCUT2D eigenvalue weighted by Crippen LogP contribution is -2.33. The van der Waals surface area contributed by atoms with Crippen LogP contribution in [-0.4, -0.2) is 49.1 Å². The van der Waals surface area contributed by atoms with Gasteiger partial charge in [0.15, 0.2) is 11.5 Å². The van der Waals surface area contributed by atoms with Crippen LogP contribution in [0, 0.1) is 0 Å². The van der Waals surface area contributed by atoms with Gasteiger partial charge in [-0.2, -0.15) is 0 Å². The number of carbonyl (C=O) groups is 2. The van der Waals surface area contributed by atoms with Crippen LogP contribution in [0.2, 0.25) is 0 Å². The number of hydrogen-bond donors (Lipinski definition) is 1. The van der Waals surface area contributed by atoms with E-state index in [1.54, 1.807) is 31.4 Å². The zero-order valence-corrected chi connectivity index (χ0v) is 12.8. The molecule has 1 heterocycles. The van der Waals surface area contributed by atoms with Gasteiger partial charge in [0.2, 0.25) is 0 Å². The van der Waals surface area contributed by atoms with Crippen molar-refractivity contribution in [3.05, 3.63) is 41.2 Å². The lowest BCUT2D eigenvalue weighted by molar-refractivity contribution is -0.130. The first-order valence-electron chi connectivity index (χ1n) is 6.89. The molecule has 6 nitrogen and oxygen atoms in total. The number of hydrogen-bond acceptors (Lipinski definition) is 5. The molecular formula is C16H19NO5. The SMILES string of the molecule is COCCN1C(=O)C(O)=C(C(C)=O)[C@H]1c1ccc(OC)cc1. The maximum atomic E-state index is 12.2. The Balaban J connectivity index is 2.43. The third kappa shape index (κ3) is 2.82. The van der Waals surface area contributed by atoms with Crippen LogP contribution < -0.4 is 4.74 Å². The molecule has 0 aliphatic carbocycles. The molecule has 0 radical (unpaired) electrons. The smallest absolute Gasteiger partial charge is 0.290 e. The van der Waals surface area contributed by atoms with Crippen LogP contribution in [0.15, 0.2) is 35.6 Å². The van der Waals surface area contributed by atoms with Crippen molar-refractivity contribution in [1.82, 2.24) is 4.90 Å². The van der Waals surface area contributed by atoms with E-state index in [9.17, 15) is 14.7 Å². The van der Waals surface area contributed by atoms with Gasteiger partial charge in [0.25, 0.3) is 5.91 Å². The number of Topliss-reactive ketones (excluding diaryl/α,β-unsaturated/α-hetero) is 1. The Morgan fingerprint density at radius 3 is 2.41 bits per heavy atom. The van der Waals surface area contributed by atoms with E-state index >= 15 is 0 Å². The number of ether oxygens (including phenoxy) is 2. The first kappa shape index (κ1) is 16.0. The number of rotatable bonds is 6. The van der Waals surface area contributed by atoms with E-state index in [4.69, 9.17) is 9.47 Å². The average Bonchev–Trinajstić information content (AvgIpc) is 2.77. The number of benzene rings is 1. The molecule has 1 atom stereocenters. The van der Waals surface area contributed by atoms with Crippen LogP contribution >= 0.6 is 0 Å². The molecule has 0 fully saturated rings.